The molecule has 0 bridgehead atoms. The van der Waals surface area contributed by atoms with Gasteiger partial charge < -0.3 is 5.32 Å². The molecule has 0 spiro atoms. The molecule has 2 aromatic rings. The molecule has 2 atom stereocenters. The molecule has 31 heavy (non-hydrogen) atoms. The average molecular weight is 445 g/mol. The number of hydrogen-bond acceptors (Lipinski definition) is 3. The molecule has 0 aliphatic rings. The standard InChI is InChI=1S/C25H36N2O3S/c1-9-23(27(31(8,29)30)22-15-17(2)14-18(3)16-22)24(28)26-19(4)20-10-12-21(13-11-20)25(5,6)7/h10-16,19,23H,9H2,1-8H3,(H,26,28). The number of aryl methyl sites for hydroxylation is 2. The van der Waals surface area contributed by atoms with Crippen LogP contribution in [0.15, 0.2) is 42.5 Å². The monoisotopic (exact) mass is 444 g/mol. The first-order valence-corrected chi connectivity index (χ1v) is 12.6. The number of nitrogens with one attached hydrogen (secondary N) is 1. The summed E-state index contributed by atoms with van der Waals surface area (Å²) in [5, 5.41) is 3.01. The second kappa shape index (κ2) is 9.43. The third-order valence-corrected chi connectivity index (χ3v) is 6.61. The molecular formula is C25H36N2O3S. The van der Waals surface area contributed by atoms with Crippen molar-refractivity contribution in [2.75, 3.05) is 10.6 Å². The number of sulfonamides is 1. The molecule has 0 aromatic heterocycles. The van der Waals surface area contributed by atoms with Crippen molar-refractivity contribution in [1.29, 1.82) is 0 Å². The Morgan fingerprint density at radius 1 is 1.03 bits per heavy atom. The number of rotatable bonds is 7. The highest BCUT2D eigenvalue weighted by Crippen LogP contribution is 2.27. The fourth-order valence-electron chi connectivity index (χ4n) is 3.80. The number of anilines is 1. The van der Waals surface area contributed by atoms with E-state index >= 15 is 0 Å². The molecule has 0 aliphatic carbocycles. The Kier molecular flexibility index (Phi) is 7.58. The molecule has 0 fully saturated rings. The fourth-order valence-corrected chi connectivity index (χ4v) is 5.00. The summed E-state index contributed by atoms with van der Waals surface area (Å²) in [6.45, 7) is 14.1. The normalized spacial score (nSPS) is 14.1. The smallest absolute Gasteiger partial charge is 0.244 e. The Balaban J connectivity index is 2.31. The molecule has 6 heteroatoms. The van der Waals surface area contributed by atoms with Crippen molar-refractivity contribution in [2.24, 2.45) is 0 Å². The van der Waals surface area contributed by atoms with Gasteiger partial charge in [-0.2, -0.15) is 0 Å². The van der Waals surface area contributed by atoms with Crippen molar-refractivity contribution in [2.45, 2.75) is 72.4 Å². The topological polar surface area (TPSA) is 66.5 Å². The van der Waals surface area contributed by atoms with Gasteiger partial charge in [-0.05, 0) is 67.0 Å². The maximum atomic E-state index is 13.2. The second-order valence-corrected chi connectivity index (χ2v) is 11.3. The zero-order valence-corrected chi connectivity index (χ0v) is 20.8. The molecule has 0 radical (unpaired) electrons. The highest BCUT2D eigenvalue weighted by atomic mass is 32.2. The first-order valence-electron chi connectivity index (χ1n) is 10.7. The molecule has 0 saturated carbocycles. The first kappa shape index (κ1) is 24.9. The minimum atomic E-state index is -3.66. The maximum absolute atomic E-state index is 13.2. The molecular weight excluding hydrogens is 408 g/mol. The quantitative estimate of drug-likeness (QED) is 0.652. The van der Waals surface area contributed by atoms with E-state index in [9.17, 15) is 13.2 Å². The van der Waals surface area contributed by atoms with Gasteiger partial charge in [0.15, 0.2) is 0 Å². The van der Waals surface area contributed by atoms with Gasteiger partial charge in [-0.3, -0.25) is 9.10 Å². The summed E-state index contributed by atoms with van der Waals surface area (Å²) >= 11 is 0. The summed E-state index contributed by atoms with van der Waals surface area (Å²) in [6.07, 6.45) is 1.51. The van der Waals surface area contributed by atoms with E-state index in [4.69, 9.17) is 0 Å². The summed E-state index contributed by atoms with van der Waals surface area (Å²) in [4.78, 5) is 13.2. The van der Waals surface area contributed by atoms with Gasteiger partial charge in [-0.25, -0.2) is 8.42 Å². The summed E-state index contributed by atoms with van der Waals surface area (Å²) in [5.74, 6) is -0.306. The number of hydrogen-bond donors (Lipinski definition) is 1. The molecule has 5 nitrogen and oxygen atoms in total. The van der Waals surface area contributed by atoms with Crippen molar-refractivity contribution >= 4 is 21.6 Å². The van der Waals surface area contributed by atoms with Crippen LogP contribution in [0.4, 0.5) is 5.69 Å². The second-order valence-electron chi connectivity index (χ2n) is 9.43. The zero-order chi connectivity index (χ0) is 23.6. The van der Waals surface area contributed by atoms with Crippen molar-refractivity contribution in [3.8, 4) is 0 Å². The molecule has 2 rings (SSSR count). The molecule has 0 heterocycles. The first-order chi connectivity index (χ1) is 14.2. The minimum Gasteiger partial charge on any atom is -0.348 e. The minimum absolute atomic E-state index is 0.0558. The largest absolute Gasteiger partial charge is 0.348 e. The highest BCUT2D eigenvalue weighted by molar-refractivity contribution is 7.92. The molecule has 1 N–H and O–H groups in total. The van der Waals surface area contributed by atoms with E-state index in [-0.39, 0.29) is 17.4 Å². The van der Waals surface area contributed by atoms with Crippen LogP contribution in [0.2, 0.25) is 0 Å². The van der Waals surface area contributed by atoms with Crippen LogP contribution in [0.25, 0.3) is 0 Å². The lowest BCUT2D eigenvalue weighted by Gasteiger charge is -2.31. The van der Waals surface area contributed by atoms with Gasteiger partial charge in [-0.15, -0.1) is 0 Å². The van der Waals surface area contributed by atoms with Crippen LogP contribution in [-0.4, -0.2) is 26.6 Å². The van der Waals surface area contributed by atoms with E-state index < -0.39 is 16.1 Å². The van der Waals surface area contributed by atoms with Crippen LogP contribution in [0.1, 0.15) is 69.3 Å². The van der Waals surface area contributed by atoms with Crippen LogP contribution in [0, 0.1) is 13.8 Å². The maximum Gasteiger partial charge on any atom is 0.244 e. The van der Waals surface area contributed by atoms with Gasteiger partial charge in [0.2, 0.25) is 15.9 Å². The number of nitrogens with zero attached hydrogens (tertiary/aromatic N) is 1. The molecule has 0 aliphatic heterocycles. The predicted molar refractivity (Wildman–Crippen MR) is 129 cm³/mol. The average Bonchev–Trinajstić information content (AvgIpc) is 2.63. The Hall–Kier alpha value is -2.34. The SMILES string of the molecule is CCC(C(=O)NC(C)c1ccc(C(C)(C)C)cc1)N(c1cc(C)cc(C)c1)S(C)(=O)=O. The third kappa shape index (κ3) is 6.33. The van der Waals surface area contributed by atoms with E-state index in [0.717, 1.165) is 22.9 Å². The lowest BCUT2D eigenvalue weighted by atomic mass is 9.86. The van der Waals surface area contributed by atoms with E-state index in [0.29, 0.717) is 12.1 Å². The van der Waals surface area contributed by atoms with Gasteiger partial charge in [0, 0.05) is 0 Å². The van der Waals surface area contributed by atoms with E-state index in [2.05, 4.69) is 38.2 Å². The van der Waals surface area contributed by atoms with Crippen molar-refractivity contribution in [1.82, 2.24) is 5.32 Å². The number of carbonyl (C=O) groups excluding carboxylic acids is 1. The van der Waals surface area contributed by atoms with E-state index in [1.54, 1.807) is 12.1 Å². The molecule has 2 aromatic carbocycles. The van der Waals surface area contributed by atoms with Gasteiger partial charge in [0.25, 0.3) is 0 Å². The summed E-state index contributed by atoms with van der Waals surface area (Å²) < 4.78 is 26.6. The zero-order valence-electron chi connectivity index (χ0n) is 20.0. The lowest BCUT2D eigenvalue weighted by Crippen LogP contribution is -2.49. The van der Waals surface area contributed by atoms with Crippen molar-refractivity contribution in [3.05, 3.63) is 64.7 Å². The highest BCUT2D eigenvalue weighted by Gasteiger charge is 2.32. The fraction of sp³-hybridized carbons (Fsp3) is 0.480. The Labute approximate surface area is 187 Å². The van der Waals surface area contributed by atoms with Gasteiger partial charge in [0.1, 0.15) is 6.04 Å². The van der Waals surface area contributed by atoms with Crippen LogP contribution in [0.5, 0.6) is 0 Å². The Bertz CT molecular complexity index is 1000. The van der Waals surface area contributed by atoms with E-state index in [1.165, 1.54) is 9.87 Å². The van der Waals surface area contributed by atoms with E-state index in [1.807, 2.05) is 45.9 Å². The third-order valence-electron chi connectivity index (χ3n) is 5.43. The van der Waals surface area contributed by atoms with Gasteiger partial charge >= 0.3 is 0 Å². The molecule has 2 unspecified atom stereocenters. The Morgan fingerprint density at radius 3 is 1.97 bits per heavy atom. The van der Waals surface area contributed by atoms with Gasteiger partial charge in [-0.1, -0.05) is 58.0 Å². The summed E-state index contributed by atoms with van der Waals surface area (Å²) in [5.41, 5.74) is 4.68. The van der Waals surface area contributed by atoms with Crippen LogP contribution in [-0.2, 0) is 20.2 Å². The number of amides is 1. The number of carbonyl (C=O) groups is 1. The van der Waals surface area contributed by atoms with Crippen LogP contribution < -0.4 is 9.62 Å². The van der Waals surface area contributed by atoms with Crippen molar-refractivity contribution < 1.29 is 13.2 Å². The van der Waals surface area contributed by atoms with Gasteiger partial charge in [0.05, 0.1) is 18.0 Å². The summed E-state index contributed by atoms with van der Waals surface area (Å²) in [7, 11) is -3.66. The van der Waals surface area contributed by atoms with Crippen molar-refractivity contribution in [3.63, 3.8) is 0 Å². The predicted octanol–water partition coefficient (Wildman–Crippen LogP) is 5.02. The van der Waals surface area contributed by atoms with Crippen LogP contribution in [0.3, 0.4) is 0 Å². The lowest BCUT2D eigenvalue weighted by molar-refractivity contribution is -0.122. The Morgan fingerprint density at radius 2 is 1.55 bits per heavy atom. The molecule has 1 amide bonds. The molecule has 170 valence electrons. The van der Waals surface area contributed by atoms with Crippen LogP contribution >= 0.6 is 0 Å². The molecule has 0 saturated heterocycles. The summed E-state index contributed by atoms with van der Waals surface area (Å²) in [6, 6.07) is 12.7. The number of benzene rings is 2.